The Balaban J connectivity index is 3.08. The van der Waals surface area contributed by atoms with Crippen LogP contribution in [0.1, 0.15) is 23.7 Å². The number of halogens is 1. The van der Waals surface area contributed by atoms with Gasteiger partial charge in [-0.25, -0.2) is 4.98 Å². The molecule has 0 saturated heterocycles. The number of ether oxygens (including phenoxy) is 1. The molecule has 0 spiro atoms. The molecule has 70 valence electrons. The Kier molecular flexibility index (Phi) is 3.25. The first-order valence-electron chi connectivity index (χ1n) is 3.92. The summed E-state index contributed by atoms with van der Waals surface area (Å²) in [4.78, 5) is 15.2. The van der Waals surface area contributed by atoms with Crippen LogP contribution in [0.2, 0.25) is 5.15 Å². The number of rotatable bonds is 3. The summed E-state index contributed by atoms with van der Waals surface area (Å²) < 4.78 is 4.88. The third-order valence-electron chi connectivity index (χ3n) is 1.62. The summed E-state index contributed by atoms with van der Waals surface area (Å²) in [5.74, 6) is 0.395. The van der Waals surface area contributed by atoms with Gasteiger partial charge in [-0.05, 0) is 6.07 Å². The van der Waals surface area contributed by atoms with E-state index in [0.717, 1.165) is 0 Å². The van der Waals surface area contributed by atoms with Gasteiger partial charge in [0.25, 0.3) is 0 Å². The largest absolute Gasteiger partial charge is 0.481 e. The smallest absolute Gasteiger partial charge is 0.215 e. The van der Waals surface area contributed by atoms with E-state index in [0.29, 0.717) is 17.9 Å². The monoisotopic (exact) mass is 199 g/mol. The van der Waals surface area contributed by atoms with Crippen molar-refractivity contribution in [2.45, 2.75) is 13.3 Å². The average Bonchev–Trinajstić information content (AvgIpc) is 2.15. The van der Waals surface area contributed by atoms with Crippen LogP contribution in [0.3, 0.4) is 0 Å². The highest BCUT2D eigenvalue weighted by Gasteiger charge is 2.07. The van der Waals surface area contributed by atoms with Crippen molar-refractivity contribution in [2.75, 3.05) is 7.11 Å². The second kappa shape index (κ2) is 4.23. The number of carbonyl (C=O) groups excluding carboxylic acids is 1. The first-order chi connectivity index (χ1) is 6.17. The van der Waals surface area contributed by atoms with Crippen molar-refractivity contribution < 1.29 is 9.53 Å². The number of hydrogen-bond donors (Lipinski definition) is 0. The highest BCUT2D eigenvalue weighted by molar-refractivity contribution is 6.29. The molecule has 0 aliphatic carbocycles. The lowest BCUT2D eigenvalue weighted by molar-refractivity contribution is 0.0987. The van der Waals surface area contributed by atoms with E-state index in [1.54, 1.807) is 13.0 Å². The minimum Gasteiger partial charge on any atom is -0.481 e. The molecule has 3 nitrogen and oxygen atoms in total. The molecule has 1 rings (SSSR count). The predicted molar refractivity (Wildman–Crippen MR) is 50.4 cm³/mol. The topological polar surface area (TPSA) is 39.2 Å². The predicted octanol–water partition coefficient (Wildman–Crippen LogP) is 2.34. The fourth-order valence-electron chi connectivity index (χ4n) is 0.943. The molecule has 1 aromatic heterocycles. The third-order valence-corrected chi connectivity index (χ3v) is 1.82. The Hall–Kier alpha value is -1.09. The highest BCUT2D eigenvalue weighted by Crippen LogP contribution is 2.16. The molecular weight excluding hydrogens is 190 g/mol. The maximum absolute atomic E-state index is 11.3. The Morgan fingerprint density at radius 1 is 1.62 bits per heavy atom. The van der Waals surface area contributed by atoms with Gasteiger partial charge in [-0.1, -0.05) is 18.5 Å². The van der Waals surface area contributed by atoms with Gasteiger partial charge in [-0.15, -0.1) is 0 Å². The number of aromatic nitrogens is 1. The molecule has 0 saturated carbocycles. The maximum atomic E-state index is 11.3. The number of nitrogens with zero attached hydrogens (tertiary/aromatic N) is 1. The number of carbonyl (C=O) groups is 1. The lowest BCUT2D eigenvalue weighted by atomic mass is 10.1. The van der Waals surface area contributed by atoms with Gasteiger partial charge in [0.05, 0.1) is 7.11 Å². The second-order valence-corrected chi connectivity index (χ2v) is 2.88. The fraction of sp³-hybridized carbons (Fsp3) is 0.333. The van der Waals surface area contributed by atoms with Crippen molar-refractivity contribution in [1.29, 1.82) is 0 Å². The van der Waals surface area contributed by atoms with Crippen LogP contribution < -0.4 is 4.74 Å². The summed E-state index contributed by atoms with van der Waals surface area (Å²) in [5, 5.41) is 0.274. The Labute approximate surface area is 81.7 Å². The number of Topliss-reactive ketones (excluding diaryl/α,β-unsaturated/α-hetero) is 1. The molecule has 0 atom stereocenters. The van der Waals surface area contributed by atoms with Gasteiger partial charge in [-0.3, -0.25) is 4.79 Å². The summed E-state index contributed by atoms with van der Waals surface area (Å²) in [6, 6.07) is 3.12. The molecule has 0 radical (unpaired) electrons. The Bertz CT molecular complexity index is 325. The van der Waals surface area contributed by atoms with Crippen LogP contribution in [0.25, 0.3) is 0 Å². The molecule has 4 heteroatoms. The highest BCUT2D eigenvalue weighted by atomic mass is 35.5. The van der Waals surface area contributed by atoms with E-state index in [1.807, 2.05) is 0 Å². The molecule has 0 amide bonds. The van der Waals surface area contributed by atoms with Crippen molar-refractivity contribution in [3.63, 3.8) is 0 Å². The van der Waals surface area contributed by atoms with Gasteiger partial charge in [0, 0.05) is 18.1 Å². The molecule has 1 heterocycles. The number of hydrogen-bond acceptors (Lipinski definition) is 3. The zero-order chi connectivity index (χ0) is 9.84. The molecular formula is C9H10ClNO2. The molecule has 0 N–H and O–H groups in total. The average molecular weight is 200 g/mol. The van der Waals surface area contributed by atoms with Gasteiger partial charge in [-0.2, -0.15) is 0 Å². The summed E-state index contributed by atoms with van der Waals surface area (Å²) in [5.41, 5.74) is 0.541. The molecule has 0 aliphatic heterocycles. The first kappa shape index (κ1) is 9.99. The standard InChI is InChI=1S/C9H10ClNO2/c1-3-7(12)6-4-8(10)11-9(5-6)13-2/h4-5H,3H2,1-2H3. The minimum atomic E-state index is 0.0302. The zero-order valence-electron chi connectivity index (χ0n) is 7.50. The van der Waals surface area contributed by atoms with E-state index in [4.69, 9.17) is 16.3 Å². The van der Waals surface area contributed by atoms with Crippen LogP contribution in [0, 0.1) is 0 Å². The normalized spacial score (nSPS) is 9.77. The first-order valence-corrected chi connectivity index (χ1v) is 4.30. The summed E-state index contributed by atoms with van der Waals surface area (Å²) in [7, 11) is 1.48. The van der Waals surface area contributed by atoms with Crippen LogP contribution in [0.4, 0.5) is 0 Å². The molecule has 0 unspecified atom stereocenters. The van der Waals surface area contributed by atoms with Gasteiger partial charge in [0.1, 0.15) is 5.15 Å². The number of ketones is 1. The molecule has 0 bridgehead atoms. The molecule has 1 aromatic rings. The second-order valence-electron chi connectivity index (χ2n) is 2.50. The SMILES string of the molecule is CCC(=O)c1cc(Cl)nc(OC)c1. The van der Waals surface area contributed by atoms with Crippen molar-refractivity contribution in [1.82, 2.24) is 4.98 Å². The van der Waals surface area contributed by atoms with E-state index in [-0.39, 0.29) is 10.9 Å². The van der Waals surface area contributed by atoms with Gasteiger partial charge >= 0.3 is 0 Å². The van der Waals surface area contributed by atoms with Crippen molar-refractivity contribution in [3.05, 3.63) is 22.8 Å². The summed E-state index contributed by atoms with van der Waals surface area (Å²) in [6.45, 7) is 1.79. The minimum absolute atomic E-state index is 0.0302. The fourth-order valence-corrected chi connectivity index (χ4v) is 1.14. The van der Waals surface area contributed by atoms with Gasteiger partial charge < -0.3 is 4.74 Å². The van der Waals surface area contributed by atoms with Crippen LogP contribution in [-0.4, -0.2) is 17.9 Å². The Morgan fingerprint density at radius 2 is 2.31 bits per heavy atom. The van der Waals surface area contributed by atoms with E-state index in [9.17, 15) is 4.79 Å². The third kappa shape index (κ3) is 2.42. The van der Waals surface area contributed by atoms with E-state index < -0.39 is 0 Å². The summed E-state index contributed by atoms with van der Waals surface area (Å²) >= 11 is 5.69. The number of methoxy groups -OCH3 is 1. The Morgan fingerprint density at radius 3 is 2.85 bits per heavy atom. The number of pyridine rings is 1. The summed E-state index contributed by atoms with van der Waals surface area (Å²) in [6.07, 6.45) is 0.448. The van der Waals surface area contributed by atoms with Crippen LogP contribution in [-0.2, 0) is 0 Å². The van der Waals surface area contributed by atoms with Crippen molar-refractivity contribution in [3.8, 4) is 5.88 Å². The van der Waals surface area contributed by atoms with Crippen LogP contribution in [0.5, 0.6) is 5.88 Å². The van der Waals surface area contributed by atoms with Crippen molar-refractivity contribution in [2.24, 2.45) is 0 Å². The molecule has 0 aromatic carbocycles. The molecule has 13 heavy (non-hydrogen) atoms. The van der Waals surface area contributed by atoms with Gasteiger partial charge in [0.15, 0.2) is 5.78 Å². The quantitative estimate of drug-likeness (QED) is 0.554. The van der Waals surface area contributed by atoms with Crippen LogP contribution in [0.15, 0.2) is 12.1 Å². The lowest BCUT2D eigenvalue weighted by Gasteiger charge is -2.02. The van der Waals surface area contributed by atoms with Crippen molar-refractivity contribution >= 4 is 17.4 Å². The van der Waals surface area contributed by atoms with Gasteiger partial charge in [0.2, 0.25) is 5.88 Å². The molecule has 0 aliphatic rings. The molecule has 0 fully saturated rings. The zero-order valence-corrected chi connectivity index (χ0v) is 8.26. The van der Waals surface area contributed by atoms with E-state index in [2.05, 4.69) is 4.98 Å². The van der Waals surface area contributed by atoms with E-state index >= 15 is 0 Å². The lowest BCUT2D eigenvalue weighted by Crippen LogP contribution is -1.98. The van der Waals surface area contributed by atoms with E-state index in [1.165, 1.54) is 13.2 Å². The maximum Gasteiger partial charge on any atom is 0.215 e. The van der Waals surface area contributed by atoms with Crippen LogP contribution >= 0.6 is 11.6 Å².